The van der Waals surface area contributed by atoms with Gasteiger partial charge in [-0.3, -0.25) is 9.69 Å². The van der Waals surface area contributed by atoms with Crippen LogP contribution in [-0.4, -0.2) is 56.6 Å². The Labute approximate surface area is 148 Å². The van der Waals surface area contributed by atoms with E-state index in [2.05, 4.69) is 10.00 Å². The average molecular weight is 368 g/mol. The van der Waals surface area contributed by atoms with Gasteiger partial charge in [-0.05, 0) is 24.0 Å². The first-order valence-corrected chi connectivity index (χ1v) is 8.23. The highest BCUT2D eigenvalue weighted by Crippen LogP contribution is 2.26. The lowest BCUT2D eigenvalue weighted by Crippen LogP contribution is -2.49. The molecular weight excluding hydrogens is 350 g/mol. The summed E-state index contributed by atoms with van der Waals surface area (Å²) in [4.78, 5) is 26.6. The highest BCUT2D eigenvalue weighted by Gasteiger charge is 2.27. The molecule has 1 amide bonds. The van der Waals surface area contributed by atoms with Crippen molar-refractivity contribution in [1.29, 1.82) is 0 Å². The van der Waals surface area contributed by atoms with Gasteiger partial charge in [-0.1, -0.05) is 11.6 Å². The van der Waals surface area contributed by atoms with Gasteiger partial charge in [0.2, 0.25) is 5.91 Å². The molecule has 0 bridgehead atoms. The molecular formula is C15H18ClN5O4. The van der Waals surface area contributed by atoms with E-state index in [1.54, 1.807) is 18.1 Å². The molecule has 134 valence electrons. The molecule has 0 radical (unpaired) electrons. The van der Waals surface area contributed by atoms with Crippen molar-refractivity contribution in [2.75, 3.05) is 26.2 Å². The number of amides is 1. The molecule has 0 aliphatic carbocycles. The molecule has 3 rings (SSSR count). The number of carbonyl (C=O) groups is 1. The number of rotatable bonds is 5. The van der Waals surface area contributed by atoms with Crippen molar-refractivity contribution in [2.45, 2.75) is 20.0 Å². The Balaban J connectivity index is 1.56. The van der Waals surface area contributed by atoms with Gasteiger partial charge >= 0.3 is 5.82 Å². The van der Waals surface area contributed by atoms with E-state index in [1.165, 1.54) is 4.68 Å². The van der Waals surface area contributed by atoms with Crippen LogP contribution < -0.4 is 0 Å². The van der Waals surface area contributed by atoms with E-state index in [0.29, 0.717) is 18.8 Å². The smallest absolute Gasteiger partial charge is 0.408 e. The molecule has 0 aromatic carbocycles. The lowest BCUT2D eigenvalue weighted by atomic mass is 10.3. The van der Waals surface area contributed by atoms with Crippen molar-refractivity contribution < 1.29 is 14.1 Å². The SMILES string of the molecule is Cc1c(Cl)c([N+](=O)[O-])nn1CC(=O)N1CCN(Cc2ccco2)CC1. The van der Waals surface area contributed by atoms with Gasteiger partial charge in [0.25, 0.3) is 0 Å². The summed E-state index contributed by atoms with van der Waals surface area (Å²) in [6, 6.07) is 3.78. The molecule has 0 unspecified atom stereocenters. The van der Waals surface area contributed by atoms with Crippen LogP contribution in [0.15, 0.2) is 22.8 Å². The predicted molar refractivity (Wildman–Crippen MR) is 89.2 cm³/mol. The third-order valence-corrected chi connectivity index (χ3v) is 4.70. The van der Waals surface area contributed by atoms with Crippen LogP contribution in [0.25, 0.3) is 0 Å². The van der Waals surface area contributed by atoms with Crippen molar-refractivity contribution >= 4 is 23.3 Å². The maximum absolute atomic E-state index is 12.4. The third-order valence-electron chi connectivity index (χ3n) is 4.26. The van der Waals surface area contributed by atoms with Crippen LogP contribution in [-0.2, 0) is 17.9 Å². The summed E-state index contributed by atoms with van der Waals surface area (Å²) in [6.07, 6.45) is 1.64. The molecule has 2 aromatic heterocycles. The van der Waals surface area contributed by atoms with Gasteiger partial charge in [0.15, 0.2) is 5.02 Å². The molecule has 1 saturated heterocycles. The summed E-state index contributed by atoms with van der Waals surface area (Å²) in [7, 11) is 0. The summed E-state index contributed by atoms with van der Waals surface area (Å²) in [5.41, 5.74) is 0.415. The van der Waals surface area contributed by atoms with E-state index in [-0.39, 0.29) is 17.5 Å². The van der Waals surface area contributed by atoms with E-state index in [9.17, 15) is 14.9 Å². The maximum atomic E-state index is 12.4. The summed E-state index contributed by atoms with van der Waals surface area (Å²) < 4.78 is 6.62. The van der Waals surface area contributed by atoms with E-state index >= 15 is 0 Å². The highest BCUT2D eigenvalue weighted by atomic mass is 35.5. The van der Waals surface area contributed by atoms with Crippen molar-refractivity contribution in [1.82, 2.24) is 19.6 Å². The van der Waals surface area contributed by atoms with Crippen LogP contribution in [0.4, 0.5) is 5.82 Å². The highest BCUT2D eigenvalue weighted by molar-refractivity contribution is 6.33. The summed E-state index contributed by atoms with van der Waals surface area (Å²) in [5.74, 6) is 0.346. The van der Waals surface area contributed by atoms with Gasteiger partial charge in [-0.25, -0.2) is 0 Å². The van der Waals surface area contributed by atoms with Crippen molar-refractivity contribution in [2.24, 2.45) is 0 Å². The van der Waals surface area contributed by atoms with Crippen LogP contribution in [0.5, 0.6) is 0 Å². The second-order valence-electron chi connectivity index (χ2n) is 5.87. The molecule has 3 heterocycles. The monoisotopic (exact) mass is 367 g/mol. The normalized spacial score (nSPS) is 15.5. The van der Waals surface area contributed by atoms with Crippen molar-refractivity contribution in [3.05, 3.63) is 45.0 Å². The van der Waals surface area contributed by atoms with E-state index in [1.807, 2.05) is 12.1 Å². The van der Waals surface area contributed by atoms with Crippen molar-refractivity contribution in [3.8, 4) is 0 Å². The quantitative estimate of drug-likeness (QED) is 0.589. The molecule has 1 aliphatic heterocycles. The standard InChI is InChI=1S/C15H18ClN5O4/c1-11-14(16)15(21(23)24)17-20(11)10-13(22)19-6-4-18(5-7-19)9-12-3-2-8-25-12/h2-3,8H,4-7,9-10H2,1H3. The molecule has 1 fully saturated rings. The van der Waals surface area contributed by atoms with Gasteiger partial charge in [0.1, 0.15) is 12.3 Å². The van der Waals surface area contributed by atoms with Gasteiger partial charge < -0.3 is 19.4 Å². The minimum Gasteiger partial charge on any atom is -0.468 e. The fourth-order valence-electron chi connectivity index (χ4n) is 2.79. The van der Waals surface area contributed by atoms with Gasteiger partial charge in [-0.2, -0.15) is 4.68 Å². The Morgan fingerprint density at radius 3 is 2.68 bits per heavy atom. The first-order valence-electron chi connectivity index (χ1n) is 7.85. The minimum absolute atomic E-state index is 0.0268. The molecule has 0 saturated carbocycles. The summed E-state index contributed by atoms with van der Waals surface area (Å²) in [5, 5.41) is 14.7. The number of hydrogen-bond acceptors (Lipinski definition) is 6. The van der Waals surface area contributed by atoms with Gasteiger partial charge in [0.05, 0.1) is 23.6 Å². The minimum atomic E-state index is -0.649. The van der Waals surface area contributed by atoms with Crippen LogP contribution in [0.3, 0.4) is 0 Å². The molecule has 0 atom stereocenters. The molecule has 0 N–H and O–H groups in total. The molecule has 1 aliphatic rings. The Bertz CT molecular complexity index is 765. The third kappa shape index (κ3) is 3.83. The number of piperazine rings is 1. The van der Waals surface area contributed by atoms with Crippen LogP contribution >= 0.6 is 11.6 Å². The Kier molecular flexibility index (Phi) is 5.05. The maximum Gasteiger partial charge on any atom is 0.408 e. The molecule has 25 heavy (non-hydrogen) atoms. The zero-order valence-electron chi connectivity index (χ0n) is 13.7. The van der Waals surface area contributed by atoms with E-state index in [4.69, 9.17) is 16.0 Å². The number of aromatic nitrogens is 2. The second-order valence-corrected chi connectivity index (χ2v) is 6.25. The fourth-order valence-corrected chi connectivity index (χ4v) is 2.99. The molecule has 10 heteroatoms. The topological polar surface area (TPSA) is 97.6 Å². The lowest BCUT2D eigenvalue weighted by Gasteiger charge is -2.34. The average Bonchev–Trinajstić information content (AvgIpc) is 3.19. The molecule has 9 nitrogen and oxygen atoms in total. The number of furan rings is 1. The van der Waals surface area contributed by atoms with E-state index in [0.717, 1.165) is 25.4 Å². The number of nitrogens with zero attached hydrogens (tertiary/aromatic N) is 5. The Hall–Kier alpha value is -2.39. The van der Waals surface area contributed by atoms with E-state index < -0.39 is 10.7 Å². The first-order chi connectivity index (χ1) is 12.0. The van der Waals surface area contributed by atoms with Crippen molar-refractivity contribution in [3.63, 3.8) is 0 Å². The van der Waals surface area contributed by atoms with Crippen LogP contribution in [0.1, 0.15) is 11.5 Å². The molecule has 2 aromatic rings. The fraction of sp³-hybridized carbons (Fsp3) is 0.467. The second kappa shape index (κ2) is 7.24. The Morgan fingerprint density at radius 1 is 1.40 bits per heavy atom. The zero-order chi connectivity index (χ0) is 18.0. The number of nitro groups is 1. The van der Waals surface area contributed by atoms with Gasteiger partial charge in [0, 0.05) is 26.2 Å². The zero-order valence-corrected chi connectivity index (χ0v) is 14.5. The molecule has 0 spiro atoms. The number of hydrogen-bond donors (Lipinski definition) is 0. The lowest BCUT2D eigenvalue weighted by molar-refractivity contribution is -0.389. The number of carbonyl (C=O) groups excluding carboxylic acids is 1. The van der Waals surface area contributed by atoms with Crippen LogP contribution in [0.2, 0.25) is 5.02 Å². The predicted octanol–water partition coefficient (Wildman–Crippen LogP) is 1.69. The first kappa shape index (κ1) is 17.4. The Morgan fingerprint density at radius 2 is 2.12 bits per heavy atom. The summed E-state index contributed by atoms with van der Waals surface area (Å²) in [6.45, 7) is 4.94. The number of halogens is 1. The summed E-state index contributed by atoms with van der Waals surface area (Å²) >= 11 is 5.90. The largest absolute Gasteiger partial charge is 0.468 e. The van der Waals surface area contributed by atoms with Crippen LogP contribution in [0, 0.1) is 17.0 Å². The van der Waals surface area contributed by atoms with Gasteiger partial charge in [-0.15, -0.1) is 0 Å².